The van der Waals surface area contributed by atoms with Gasteiger partial charge in [-0.25, -0.2) is 0 Å². The van der Waals surface area contributed by atoms with Crippen molar-refractivity contribution in [2.75, 3.05) is 65.4 Å². The summed E-state index contributed by atoms with van der Waals surface area (Å²) < 4.78 is 0. The van der Waals surface area contributed by atoms with E-state index in [1.54, 1.807) is 73.4 Å². The molecule has 0 atom stereocenters. The molecule has 10 nitrogen and oxygen atoms in total. The average Bonchev–Trinajstić information content (AvgIpc) is 3.18. The molecule has 286 valence electrons. The number of phenols is 4. The van der Waals surface area contributed by atoms with Crippen LogP contribution in [0.3, 0.4) is 0 Å². The van der Waals surface area contributed by atoms with Gasteiger partial charge in [0.2, 0.25) is 0 Å². The Morgan fingerprint density at radius 2 is 0.556 bits per heavy atom. The summed E-state index contributed by atoms with van der Waals surface area (Å²) in [7, 11) is 0. The van der Waals surface area contributed by atoms with E-state index < -0.39 is 0 Å². The molecule has 0 fully saturated rings. The fraction of sp³-hybridized carbons (Fsp3) is 0.364. The number of phenolic OH excluding ortho intramolecular Hbond substituents is 4. The summed E-state index contributed by atoms with van der Waals surface area (Å²) >= 11 is 0. The van der Waals surface area contributed by atoms with Crippen LogP contribution in [-0.2, 0) is 0 Å². The van der Waals surface area contributed by atoms with Crippen LogP contribution in [0.4, 0.5) is 0 Å². The summed E-state index contributed by atoms with van der Waals surface area (Å²) in [5, 5.41) is 40.1. The van der Waals surface area contributed by atoms with Gasteiger partial charge in [-0.3, -0.25) is 20.0 Å². The molecule has 4 aromatic rings. The molecule has 0 aliphatic rings. The van der Waals surface area contributed by atoms with Crippen LogP contribution in [0.25, 0.3) is 0 Å². The molecule has 4 N–H and O–H groups in total. The van der Waals surface area contributed by atoms with E-state index in [0.717, 1.165) is 100 Å². The van der Waals surface area contributed by atoms with Gasteiger partial charge in [0.25, 0.3) is 0 Å². The van der Waals surface area contributed by atoms with Crippen LogP contribution >= 0.6 is 0 Å². The van der Waals surface area contributed by atoms with Gasteiger partial charge < -0.3 is 30.2 Å². The number of hydrogen-bond acceptors (Lipinski definition) is 10. The summed E-state index contributed by atoms with van der Waals surface area (Å²) in [6, 6.07) is 28.9. The van der Waals surface area contributed by atoms with Gasteiger partial charge in [-0.1, -0.05) is 48.5 Å². The third kappa shape index (κ3) is 16.1. The second kappa shape index (κ2) is 24.8. The number of benzene rings is 4. The van der Waals surface area contributed by atoms with Gasteiger partial charge in [-0.15, -0.1) is 0 Å². The highest BCUT2D eigenvalue weighted by molar-refractivity contribution is 5.84. The summed E-state index contributed by atoms with van der Waals surface area (Å²) in [6.45, 7) is 8.40. The van der Waals surface area contributed by atoms with Gasteiger partial charge in [0.15, 0.2) is 0 Å². The number of rotatable bonds is 25. The van der Waals surface area contributed by atoms with Gasteiger partial charge in [0, 0.05) is 73.3 Å². The molecule has 0 saturated heterocycles. The molecule has 0 aliphatic heterocycles. The van der Waals surface area contributed by atoms with Crippen molar-refractivity contribution in [3.8, 4) is 23.0 Å². The molecule has 0 spiro atoms. The first kappa shape index (κ1) is 41.4. The maximum atomic E-state index is 10.0. The molecule has 0 radical (unpaired) electrons. The summed E-state index contributed by atoms with van der Waals surface area (Å²) in [6.07, 6.45) is 12.8. The predicted molar refractivity (Wildman–Crippen MR) is 223 cm³/mol. The van der Waals surface area contributed by atoms with Gasteiger partial charge in [-0.05, 0) is 126 Å². The summed E-state index contributed by atoms with van der Waals surface area (Å²) in [5.74, 6) is 0.951. The van der Waals surface area contributed by atoms with E-state index in [9.17, 15) is 20.4 Å². The molecule has 0 aliphatic carbocycles. The number of para-hydroxylation sites is 4. The molecular formula is C44H56N6O4. The van der Waals surface area contributed by atoms with E-state index in [4.69, 9.17) is 0 Å². The number of unbranched alkanes of at least 4 members (excludes halogenated alkanes) is 1. The molecule has 54 heavy (non-hydrogen) atoms. The Morgan fingerprint density at radius 1 is 0.333 bits per heavy atom. The van der Waals surface area contributed by atoms with Crippen LogP contribution in [0.2, 0.25) is 0 Å². The van der Waals surface area contributed by atoms with Crippen molar-refractivity contribution < 1.29 is 20.4 Å². The molecule has 4 rings (SSSR count). The zero-order chi connectivity index (χ0) is 38.1. The Kier molecular flexibility index (Phi) is 19.1. The average molecular weight is 733 g/mol. The molecular weight excluding hydrogens is 677 g/mol. The number of aromatic hydroxyl groups is 4. The molecule has 0 aromatic heterocycles. The second-order valence-electron chi connectivity index (χ2n) is 13.2. The fourth-order valence-electron chi connectivity index (χ4n) is 5.92. The first-order chi connectivity index (χ1) is 26.5. The Balaban J connectivity index is 1.26. The zero-order valence-corrected chi connectivity index (χ0v) is 31.3. The lowest BCUT2D eigenvalue weighted by Gasteiger charge is -2.24. The van der Waals surface area contributed by atoms with Crippen molar-refractivity contribution >= 4 is 24.9 Å². The molecule has 0 amide bonds. The van der Waals surface area contributed by atoms with Crippen LogP contribution in [0.15, 0.2) is 117 Å². The third-order valence-corrected chi connectivity index (χ3v) is 8.91. The van der Waals surface area contributed by atoms with Crippen molar-refractivity contribution in [2.24, 2.45) is 20.0 Å². The third-order valence-electron chi connectivity index (χ3n) is 8.91. The van der Waals surface area contributed by atoms with Crippen molar-refractivity contribution in [1.82, 2.24) is 9.80 Å². The lowest BCUT2D eigenvalue weighted by atomic mass is 10.2. The Hall–Kier alpha value is -5.32. The Labute approximate surface area is 320 Å². The minimum absolute atomic E-state index is 0.238. The van der Waals surface area contributed by atoms with Gasteiger partial charge >= 0.3 is 0 Å². The van der Waals surface area contributed by atoms with Crippen LogP contribution in [-0.4, -0.2) is 121 Å². The van der Waals surface area contributed by atoms with E-state index in [1.807, 2.05) is 48.5 Å². The smallest absolute Gasteiger partial charge is 0.124 e. The van der Waals surface area contributed by atoms with Crippen LogP contribution < -0.4 is 0 Å². The largest absolute Gasteiger partial charge is 0.507 e. The first-order valence-corrected chi connectivity index (χ1v) is 19.1. The highest BCUT2D eigenvalue weighted by Gasteiger charge is 2.08. The van der Waals surface area contributed by atoms with Gasteiger partial charge in [0.05, 0.1) is 0 Å². The summed E-state index contributed by atoms with van der Waals surface area (Å²) in [5.41, 5.74) is 2.91. The Morgan fingerprint density at radius 3 is 0.796 bits per heavy atom. The Bertz CT molecular complexity index is 1520. The number of hydrogen-bond donors (Lipinski definition) is 4. The first-order valence-electron chi connectivity index (χ1n) is 19.1. The van der Waals surface area contributed by atoms with E-state index in [1.165, 1.54) is 0 Å². The van der Waals surface area contributed by atoms with E-state index in [0.29, 0.717) is 26.2 Å². The standard InChI is InChI=1S/C44H56N6O4/c51-41-19-5-1-15-37(41)33-45-23-11-29-49(30-12-24-46-34-38-16-2-6-20-42(38)52)27-9-10-28-50(31-13-25-47-35-39-17-3-7-21-43(39)53)32-14-26-48-36-40-18-4-8-22-44(40)54/h1-8,15-22,33-36,51-54H,9-14,23-32H2. The van der Waals surface area contributed by atoms with Crippen LogP contribution in [0, 0.1) is 0 Å². The van der Waals surface area contributed by atoms with E-state index in [-0.39, 0.29) is 23.0 Å². The minimum Gasteiger partial charge on any atom is -0.507 e. The highest BCUT2D eigenvalue weighted by Crippen LogP contribution is 2.15. The SMILES string of the molecule is Oc1ccccc1C=NCCCN(CCCCN(CCCN=Cc1ccccc1O)CCCN=Cc1ccccc1O)CCCN=Cc1ccccc1O. The normalized spacial score (nSPS) is 12.1. The van der Waals surface area contributed by atoms with Gasteiger partial charge in [-0.2, -0.15) is 0 Å². The van der Waals surface area contributed by atoms with Gasteiger partial charge in [0.1, 0.15) is 23.0 Å². The van der Waals surface area contributed by atoms with Crippen molar-refractivity contribution in [1.29, 1.82) is 0 Å². The molecule has 0 unspecified atom stereocenters. The van der Waals surface area contributed by atoms with Crippen LogP contribution in [0.1, 0.15) is 60.8 Å². The number of nitrogens with zero attached hydrogens (tertiary/aromatic N) is 6. The second-order valence-corrected chi connectivity index (χ2v) is 13.2. The molecule has 0 saturated carbocycles. The van der Waals surface area contributed by atoms with Crippen LogP contribution in [0.5, 0.6) is 23.0 Å². The van der Waals surface area contributed by atoms with Crippen molar-refractivity contribution in [3.05, 3.63) is 119 Å². The monoisotopic (exact) mass is 732 g/mol. The van der Waals surface area contributed by atoms with E-state index in [2.05, 4.69) is 29.8 Å². The lowest BCUT2D eigenvalue weighted by molar-refractivity contribution is 0.237. The number of aliphatic imine (C=N–C) groups is 4. The molecule has 10 heteroatoms. The molecule has 4 aromatic carbocycles. The highest BCUT2D eigenvalue weighted by atomic mass is 16.3. The molecule has 0 bridgehead atoms. The van der Waals surface area contributed by atoms with E-state index >= 15 is 0 Å². The topological polar surface area (TPSA) is 137 Å². The predicted octanol–water partition coefficient (Wildman–Crippen LogP) is 7.23. The fourth-order valence-corrected chi connectivity index (χ4v) is 5.92. The zero-order valence-electron chi connectivity index (χ0n) is 31.3. The summed E-state index contributed by atoms with van der Waals surface area (Å²) in [4.78, 5) is 23.2. The molecule has 0 heterocycles. The van der Waals surface area contributed by atoms with Crippen molar-refractivity contribution in [3.63, 3.8) is 0 Å². The maximum absolute atomic E-state index is 10.0. The van der Waals surface area contributed by atoms with Crippen molar-refractivity contribution in [2.45, 2.75) is 38.5 Å². The lowest BCUT2D eigenvalue weighted by Crippen LogP contribution is -2.31. The quantitative estimate of drug-likeness (QED) is 0.0420. The maximum Gasteiger partial charge on any atom is 0.124 e. The minimum atomic E-state index is 0.238.